The van der Waals surface area contributed by atoms with Gasteiger partial charge in [0, 0.05) is 11.1 Å². The van der Waals surface area contributed by atoms with Gasteiger partial charge in [-0.25, -0.2) is 9.38 Å². The van der Waals surface area contributed by atoms with Crippen LogP contribution in [0.2, 0.25) is 0 Å². The second-order valence-electron chi connectivity index (χ2n) is 6.40. The zero-order valence-corrected chi connectivity index (χ0v) is 14.2. The van der Waals surface area contributed by atoms with Crippen molar-refractivity contribution in [3.05, 3.63) is 76.6 Å². The van der Waals surface area contributed by atoms with Crippen molar-refractivity contribution in [1.29, 1.82) is 0 Å². The molecule has 2 aliphatic heterocycles. The third kappa shape index (κ3) is 2.19. The third-order valence-corrected chi connectivity index (χ3v) is 5.97. The van der Waals surface area contributed by atoms with E-state index in [9.17, 15) is 9.18 Å². The van der Waals surface area contributed by atoms with Crippen LogP contribution in [0.5, 0.6) is 0 Å². The Morgan fingerprint density at radius 3 is 2.76 bits per heavy atom. The Morgan fingerprint density at radius 2 is 1.88 bits per heavy atom. The van der Waals surface area contributed by atoms with E-state index in [0.717, 1.165) is 29.7 Å². The van der Waals surface area contributed by atoms with Crippen LogP contribution in [0.3, 0.4) is 0 Å². The lowest BCUT2D eigenvalue weighted by molar-refractivity contribution is -0.125. The first-order chi connectivity index (χ1) is 12.2. The minimum absolute atomic E-state index is 0.00223. The highest BCUT2D eigenvalue weighted by molar-refractivity contribution is 8.15. The topological polar surface area (TPSA) is 32.7 Å². The molecule has 0 unspecified atom stereocenters. The zero-order chi connectivity index (χ0) is 17.0. The average Bonchev–Trinajstić information content (AvgIpc) is 3.01. The largest absolute Gasteiger partial charge is 0.279 e. The van der Waals surface area contributed by atoms with Gasteiger partial charge in [-0.05, 0) is 30.0 Å². The zero-order valence-electron chi connectivity index (χ0n) is 13.4. The van der Waals surface area contributed by atoms with Gasteiger partial charge in [-0.15, -0.1) is 0 Å². The average molecular weight is 350 g/mol. The van der Waals surface area contributed by atoms with E-state index in [4.69, 9.17) is 4.99 Å². The number of fused-ring (bicyclic) bond motifs is 3. The first-order valence-electron chi connectivity index (χ1n) is 8.33. The van der Waals surface area contributed by atoms with Gasteiger partial charge >= 0.3 is 0 Å². The smallest absolute Gasteiger partial charge is 0.239 e. The van der Waals surface area contributed by atoms with Crippen molar-refractivity contribution in [1.82, 2.24) is 4.90 Å². The molecule has 25 heavy (non-hydrogen) atoms. The molecule has 0 radical (unpaired) electrons. The second kappa shape index (κ2) is 5.56. The molecule has 1 saturated heterocycles. The quantitative estimate of drug-likeness (QED) is 0.773. The van der Waals surface area contributed by atoms with Gasteiger partial charge in [0.1, 0.15) is 5.82 Å². The SMILES string of the molecule is O=C1CSC2=NC3=C(CCc4ccccc43)[C@H](c3ccccc3F)N12. The number of aryl methyl sites for hydroxylation is 1. The Kier molecular flexibility index (Phi) is 3.31. The maximum atomic E-state index is 14.6. The molecule has 2 heterocycles. The molecule has 0 saturated carbocycles. The van der Waals surface area contributed by atoms with Crippen molar-refractivity contribution >= 4 is 28.5 Å². The van der Waals surface area contributed by atoms with Gasteiger partial charge in [0.2, 0.25) is 5.91 Å². The maximum Gasteiger partial charge on any atom is 0.239 e. The third-order valence-electron chi connectivity index (χ3n) is 5.04. The molecule has 0 bridgehead atoms. The monoisotopic (exact) mass is 350 g/mol. The van der Waals surface area contributed by atoms with Gasteiger partial charge < -0.3 is 0 Å². The summed E-state index contributed by atoms with van der Waals surface area (Å²) >= 11 is 1.44. The number of carbonyl (C=O) groups excluding carboxylic acids is 1. The first-order valence-corrected chi connectivity index (χ1v) is 9.32. The van der Waals surface area contributed by atoms with Crippen LogP contribution in [0.1, 0.15) is 29.2 Å². The predicted molar refractivity (Wildman–Crippen MR) is 97.6 cm³/mol. The number of halogens is 1. The molecule has 3 nitrogen and oxygen atoms in total. The standard InChI is InChI=1S/C20H15FN2OS/c21-16-8-4-3-7-14(16)19-15-10-9-12-5-1-2-6-13(12)18(15)22-20-23(19)17(24)11-25-20/h1-8,19H,9-11H2/t19-/m0/s1. The lowest BCUT2D eigenvalue weighted by Gasteiger charge is -2.37. The highest BCUT2D eigenvalue weighted by Crippen LogP contribution is 2.47. The van der Waals surface area contributed by atoms with Crippen molar-refractivity contribution in [2.45, 2.75) is 18.9 Å². The van der Waals surface area contributed by atoms with E-state index in [0.29, 0.717) is 16.5 Å². The van der Waals surface area contributed by atoms with E-state index < -0.39 is 0 Å². The number of hydrogen-bond acceptors (Lipinski definition) is 3. The molecule has 2 aromatic rings. The molecule has 1 aliphatic carbocycles. The van der Waals surface area contributed by atoms with Crippen molar-refractivity contribution < 1.29 is 9.18 Å². The number of benzene rings is 2. The highest BCUT2D eigenvalue weighted by Gasteiger charge is 2.43. The highest BCUT2D eigenvalue weighted by atomic mass is 32.2. The van der Waals surface area contributed by atoms with Gasteiger partial charge in [-0.3, -0.25) is 9.69 Å². The van der Waals surface area contributed by atoms with Crippen LogP contribution in [0.25, 0.3) is 5.70 Å². The summed E-state index contributed by atoms with van der Waals surface area (Å²) in [7, 11) is 0. The number of thioether (sulfide) groups is 1. The van der Waals surface area contributed by atoms with Gasteiger partial charge in [0.25, 0.3) is 0 Å². The van der Waals surface area contributed by atoms with Crippen LogP contribution in [0.15, 0.2) is 59.1 Å². The Bertz CT molecular complexity index is 966. The fourth-order valence-corrected chi connectivity index (χ4v) is 4.81. The molecule has 5 rings (SSSR count). The molecule has 5 heteroatoms. The number of nitrogens with zero attached hydrogens (tertiary/aromatic N) is 2. The van der Waals surface area contributed by atoms with Crippen LogP contribution >= 0.6 is 11.8 Å². The lowest BCUT2D eigenvalue weighted by Crippen LogP contribution is -2.38. The molecule has 1 fully saturated rings. The van der Waals surface area contributed by atoms with Crippen LogP contribution in [-0.2, 0) is 11.2 Å². The van der Waals surface area contributed by atoms with Crippen LogP contribution < -0.4 is 0 Å². The summed E-state index contributed by atoms with van der Waals surface area (Å²) < 4.78 is 14.6. The molecule has 2 aromatic carbocycles. The summed E-state index contributed by atoms with van der Waals surface area (Å²) in [6.45, 7) is 0. The fourth-order valence-electron chi connectivity index (χ4n) is 3.92. The second-order valence-corrected chi connectivity index (χ2v) is 7.34. The lowest BCUT2D eigenvalue weighted by atomic mass is 9.82. The van der Waals surface area contributed by atoms with E-state index in [1.165, 1.54) is 23.4 Å². The number of amidine groups is 1. The van der Waals surface area contributed by atoms with E-state index in [1.54, 1.807) is 17.0 Å². The molecular weight excluding hydrogens is 335 g/mol. The van der Waals surface area contributed by atoms with Crippen molar-refractivity contribution in [3.63, 3.8) is 0 Å². The summed E-state index contributed by atoms with van der Waals surface area (Å²) in [4.78, 5) is 19.0. The molecule has 1 amide bonds. The Morgan fingerprint density at radius 1 is 1.08 bits per heavy atom. The van der Waals surface area contributed by atoms with Crippen LogP contribution in [0, 0.1) is 5.82 Å². The summed E-state index contributed by atoms with van der Waals surface area (Å²) in [6, 6.07) is 14.6. The van der Waals surface area contributed by atoms with Gasteiger partial charge in [-0.1, -0.05) is 54.2 Å². The number of rotatable bonds is 1. The number of carbonyl (C=O) groups is 1. The Labute approximate surface area is 149 Å². The summed E-state index contributed by atoms with van der Waals surface area (Å²) in [6.07, 6.45) is 1.68. The minimum atomic E-state index is -0.389. The fraction of sp³-hybridized carbons (Fsp3) is 0.200. The van der Waals surface area contributed by atoms with Crippen LogP contribution in [-0.4, -0.2) is 21.7 Å². The van der Waals surface area contributed by atoms with Gasteiger partial charge in [0.15, 0.2) is 5.17 Å². The van der Waals surface area contributed by atoms with E-state index in [1.807, 2.05) is 18.2 Å². The maximum absolute atomic E-state index is 14.6. The summed E-state index contributed by atoms with van der Waals surface area (Å²) in [5, 5.41) is 0.689. The van der Waals surface area contributed by atoms with Gasteiger partial charge in [-0.2, -0.15) is 0 Å². The Balaban J connectivity index is 1.76. The van der Waals surface area contributed by atoms with Gasteiger partial charge in [0.05, 0.1) is 17.5 Å². The minimum Gasteiger partial charge on any atom is -0.279 e. The van der Waals surface area contributed by atoms with Crippen LogP contribution in [0.4, 0.5) is 4.39 Å². The molecule has 0 aromatic heterocycles. The molecule has 1 atom stereocenters. The van der Waals surface area contributed by atoms with Crippen molar-refractivity contribution in [2.75, 3.05) is 5.75 Å². The normalized spacial score (nSPS) is 21.6. The number of amides is 1. The van der Waals surface area contributed by atoms with E-state index >= 15 is 0 Å². The van der Waals surface area contributed by atoms with E-state index in [-0.39, 0.29) is 17.8 Å². The molecule has 0 spiro atoms. The van der Waals surface area contributed by atoms with E-state index in [2.05, 4.69) is 12.1 Å². The molecule has 124 valence electrons. The van der Waals surface area contributed by atoms with Crippen molar-refractivity contribution in [2.24, 2.45) is 4.99 Å². The number of aliphatic imine (C=N–C) groups is 1. The molecular formula is C20H15FN2OS. The predicted octanol–water partition coefficient (Wildman–Crippen LogP) is 4.17. The van der Waals surface area contributed by atoms with Crippen molar-refractivity contribution in [3.8, 4) is 0 Å². The molecule has 0 N–H and O–H groups in total. The Hall–Kier alpha value is -2.40. The molecule has 3 aliphatic rings. The summed E-state index contributed by atoms with van der Waals surface area (Å²) in [5.41, 5.74) is 4.89. The summed E-state index contributed by atoms with van der Waals surface area (Å²) in [5.74, 6) is 0.0954. The number of hydrogen-bond donors (Lipinski definition) is 0. The first kappa shape index (κ1) is 14.9.